The molecule has 3 rings (SSSR count). The van der Waals surface area contributed by atoms with Crippen molar-refractivity contribution in [2.45, 2.75) is 10.6 Å². The second-order valence-electron chi connectivity index (χ2n) is 4.01. The van der Waals surface area contributed by atoms with Gasteiger partial charge in [0, 0.05) is 9.92 Å². The first-order chi connectivity index (χ1) is 9.63. The fourth-order valence-corrected chi connectivity index (χ4v) is 3.81. The second-order valence-corrected chi connectivity index (χ2v) is 6.79. The van der Waals surface area contributed by atoms with Crippen molar-refractivity contribution in [2.75, 3.05) is 0 Å². The van der Waals surface area contributed by atoms with Crippen molar-refractivity contribution in [1.82, 2.24) is 9.97 Å². The number of thioether (sulfide) groups is 1. The summed E-state index contributed by atoms with van der Waals surface area (Å²) in [5.74, 6) is 1.16. The van der Waals surface area contributed by atoms with Crippen LogP contribution in [0.5, 0.6) is 0 Å². The van der Waals surface area contributed by atoms with Crippen molar-refractivity contribution in [3.05, 3.63) is 55.9 Å². The number of benzene rings is 1. The van der Waals surface area contributed by atoms with Crippen LogP contribution >= 0.6 is 46.3 Å². The van der Waals surface area contributed by atoms with E-state index in [1.807, 2.05) is 11.4 Å². The van der Waals surface area contributed by atoms with E-state index >= 15 is 0 Å². The van der Waals surface area contributed by atoms with Crippen molar-refractivity contribution >= 4 is 56.5 Å². The Bertz CT molecular complexity index is 829. The molecule has 0 saturated carbocycles. The van der Waals surface area contributed by atoms with Gasteiger partial charge in [0.2, 0.25) is 0 Å². The van der Waals surface area contributed by atoms with Crippen molar-refractivity contribution in [2.24, 2.45) is 0 Å². The summed E-state index contributed by atoms with van der Waals surface area (Å²) in [5.41, 5.74) is 0.629. The largest absolute Gasteiger partial charge is 0.309 e. The quantitative estimate of drug-likeness (QED) is 0.708. The molecule has 2 aromatic heterocycles. The first-order valence-corrected chi connectivity index (χ1v) is 8.30. The van der Waals surface area contributed by atoms with Crippen molar-refractivity contribution < 1.29 is 0 Å². The van der Waals surface area contributed by atoms with E-state index in [1.54, 1.807) is 18.2 Å². The van der Waals surface area contributed by atoms with Gasteiger partial charge < -0.3 is 4.98 Å². The van der Waals surface area contributed by atoms with Crippen molar-refractivity contribution in [3.8, 4) is 0 Å². The molecule has 0 aliphatic heterocycles. The van der Waals surface area contributed by atoms with Crippen molar-refractivity contribution in [1.29, 1.82) is 0 Å². The average molecular weight is 343 g/mol. The molecule has 1 aromatic carbocycles. The molecule has 1 N–H and O–H groups in total. The summed E-state index contributed by atoms with van der Waals surface area (Å²) in [6.45, 7) is 0. The van der Waals surface area contributed by atoms with Crippen LogP contribution in [0.3, 0.4) is 0 Å². The highest BCUT2D eigenvalue weighted by Gasteiger charge is 2.07. The van der Waals surface area contributed by atoms with Gasteiger partial charge in [-0.15, -0.1) is 23.1 Å². The Hall–Kier alpha value is -1.01. The topological polar surface area (TPSA) is 45.8 Å². The zero-order valence-electron chi connectivity index (χ0n) is 10.0. The number of halogens is 2. The summed E-state index contributed by atoms with van der Waals surface area (Å²) >= 11 is 14.9. The first-order valence-electron chi connectivity index (χ1n) is 5.68. The molecule has 3 nitrogen and oxygen atoms in total. The highest BCUT2D eigenvalue weighted by Crippen LogP contribution is 2.31. The minimum absolute atomic E-state index is 0.0993. The van der Waals surface area contributed by atoms with Gasteiger partial charge >= 0.3 is 0 Å². The number of aromatic amines is 1. The van der Waals surface area contributed by atoms with Crippen LogP contribution in [0.2, 0.25) is 10.0 Å². The molecule has 0 bridgehead atoms. The monoisotopic (exact) mass is 342 g/mol. The average Bonchev–Trinajstić information content (AvgIpc) is 2.89. The molecule has 3 aromatic rings. The molecule has 0 radical (unpaired) electrons. The maximum Gasteiger partial charge on any atom is 0.268 e. The number of H-pyrrole nitrogens is 1. The zero-order chi connectivity index (χ0) is 14.1. The van der Waals surface area contributed by atoms with E-state index in [0.29, 0.717) is 26.3 Å². The van der Waals surface area contributed by atoms with Crippen LogP contribution in [0.4, 0.5) is 0 Å². The number of fused-ring (bicyclic) bond motifs is 1. The molecule has 102 valence electrons. The molecule has 7 heteroatoms. The van der Waals surface area contributed by atoms with Gasteiger partial charge in [0.15, 0.2) is 0 Å². The molecule has 0 spiro atoms. The third-order valence-electron chi connectivity index (χ3n) is 2.62. The summed E-state index contributed by atoms with van der Waals surface area (Å²) in [7, 11) is 0. The molecular formula is C13H8Cl2N2OS2. The molecule has 0 aliphatic carbocycles. The fourth-order valence-electron chi connectivity index (χ4n) is 1.72. The molecule has 20 heavy (non-hydrogen) atoms. The predicted octanol–water partition coefficient (Wildman–Crippen LogP) is 4.58. The highest BCUT2D eigenvalue weighted by molar-refractivity contribution is 7.98. The molecule has 0 amide bonds. The van der Waals surface area contributed by atoms with Crippen LogP contribution in [-0.2, 0) is 5.75 Å². The number of hydrogen-bond acceptors (Lipinski definition) is 4. The van der Waals surface area contributed by atoms with Gasteiger partial charge in [-0.3, -0.25) is 4.79 Å². The highest BCUT2D eigenvalue weighted by atomic mass is 35.5. The van der Waals surface area contributed by atoms with Gasteiger partial charge in [-0.25, -0.2) is 4.98 Å². The standard InChI is InChI=1S/C13H8Cl2N2OS2/c14-7-1-2-8(15)10(5-7)20-6-11-16-9-3-4-19-12(9)13(18)17-11/h1-5H,6H2,(H,16,17,18). The Morgan fingerprint density at radius 2 is 2.15 bits per heavy atom. The zero-order valence-corrected chi connectivity index (χ0v) is 13.2. The molecule has 2 heterocycles. The minimum atomic E-state index is -0.0993. The molecule has 0 fully saturated rings. The maximum atomic E-state index is 11.9. The van der Waals surface area contributed by atoms with Gasteiger partial charge in [0.1, 0.15) is 10.5 Å². The lowest BCUT2D eigenvalue weighted by Gasteiger charge is -2.04. The van der Waals surface area contributed by atoms with E-state index in [2.05, 4.69) is 9.97 Å². The lowest BCUT2D eigenvalue weighted by atomic mass is 10.4. The fraction of sp³-hybridized carbons (Fsp3) is 0.0769. The Morgan fingerprint density at radius 3 is 3.00 bits per heavy atom. The Kier molecular flexibility index (Phi) is 4.03. The van der Waals surface area contributed by atoms with Crippen LogP contribution in [0, 0.1) is 0 Å². The van der Waals surface area contributed by atoms with Gasteiger partial charge in [0.05, 0.1) is 16.3 Å². The number of nitrogens with zero attached hydrogens (tertiary/aromatic N) is 1. The normalized spacial score (nSPS) is 11.1. The van der Waals surface area contributed by atoms with Gasteiger partial charge in [0.25, 0.3) is 5.56 Å². The van der Waals surface area contributed by atoms with Crippen LogP contribution < -0.4 is 5.56 Å². The third-order valence-corrected chi connectivity index (χ3v) is 5.27. The van der Waals surface area contributed by atoms with E-state index in [0.717, 1.165) is 10.4 Å². The van der Waals surface area contributed by atoms with Crippen LogP contribution in [0.15, 0.2) is 39.3 Å². The number of rotatable bonds is 3. The van der Waals surface area contributed by atoms with E-state index in [1.165, 1.54) is 23.1 Å². The molecule has 0 saturated heterocycles. The Morgan fingerprint density at radius 1 is 1.30 bits per heavy atom. The van der Waals surface area contributed by atoms with Crippen LogP contribution in [-0.4, -0.2) is 9.97 Å². The van der Waals surface area contributed by atoms with E-state index in [9.17, 15) is 4.79 Å². The lowest BCUT2D eigenvalue weighted by molar-refractivity contribution is 1.04. The Labute approximate surface area is 133 Å². The molecule has 0 atom stereocenters. The number of aromatic nitrogens is 2. The van der Waals surface area contributed by atoms with E-state index < -0.39 is 0 Å². The predicted molar refractivity (Wildman–Crippen MR) is 86.3 cm³/mol. The van der Waals surface area contributed by atoms with Gasteiger partial charge in [-0.2, -0.15) is 0 Å². The van der Waals surface area contributed by atoms with Gasteiger partial charge in [-0.05, 0) is 29.6 Å². The number of nitrogens with one attached hydrogen (secondary N) is 1. The van der Waals surface area contributed by atoms with Crippen LogP contribution in [0.25, 0.3) is 10.2 Å². The summed E-state index contributed by atoms with van der Waals surface area (Å²) < 4.78 is 0.652. The second kappa shape index (κ2) is 5.77. The first kappa shape index (κ1) is 13.9. The van der Waals surface area contributed by atoms with Crippen LogP contribution in [0.1, 0.15) is 5.82 Å². The number of thiophene rings is 1. The van der Waals surface area contributed by atoms with Gasteiger partial charge in [-0.1, -0.05) is 23.2 Å². The molecular weight excluding hydrogens is 335 g/mol. The minimum Gasteiger partial charge on any atom is -0.309 e. The Balaban J connectivity index is 1.86. The SMILES string of the molecule is O=c1[nH]c(CSc2cc(Cl)ccc2Cl)nc2ccsc12. The summed E-state index contributed by atoms with van der Waals surface area (Å²) in [6, 6.07) is 7.14. The lowest BCUT2D eigenvalue weighted by Crippen LogP contribution is -2.09. The maximum absolute atomic E-state index is 11.9. The van der Waals surface area contributed by atoms with E-state index in [4.69, 9.17) is 23.2 Å². The van der Waals surface area contributed by atoms with E-state index in [-0.39, 0.29) is 5.56 Å². The molecule has 0 unspecified atom stereocenters. The summed E-state index contributed by atoms with van der Waals surface area (Å²) in [6.07, 6.45) is 0. The number of hydrogen-bond donors (Lipinski definition) is 1. The summed E-state index contributed by atoms with van der Waals surface area (Å²) in [5, 5.41) is 3.13. The molecule has 0 aliphatic rings. The summed E-state index contributed by atoms with van der Waals surface area (Å²) in [4.78, 5) is 19.9. The van der Waals surface area contributed by atoms with Crippen molar-refractivity contribution in [3.63, 3.8) is 0 Å². The third kappa shape index (κ3) is 2.86. The smallest absolute Gasteiger partial charge is 0.268 e.